The second kappa shape index (κ2) is 8.81. The van der Waals surface area contributed by atoms with Crippen LogP contribution in [0.3, 0.4) is 0 Å². The first kappa shape index (κ1) is 18.4. The van der Waals surface area contributed by atoms with Crippen LogP contribution in [0.2, 0.25) is 0 Å². The van der Waals surface area contributed by atoms with E-state index in [4.69, 9.17) is 5.26 Å². The number of carbonyl (C=O) groups excluding carboxylic acids is 1. The number of nitriles is 1. The van der Waals surface area contributed by atoms with Gasteiger partial charge in [-0.3, -0.25) is 4.79 Å². The molecule has 8 heteroatoms. The topological polar surface area (TPSA) is 87.7 Å². The Balaban J connectivity index is 1.73. The zero-order valence-electron chi connectivity index (χ0n) is 14.8. The average molecular weight is 370 g/mol. The molecule has 1 atom stereocenters. The summed E-state index contributed by atoms with van der Waals surface area (Å²) in [6.07, 6.45) is 4.84. The van der Waals surface area contributed by atoms with Crippen LogP contribution >= 0.6 is 11.8 Å². The highest BCUT2D eigenvalue weighted by Gasteiger charge is 2.27. The van der Waals surface area contributed by atoms with Crippen molar-refractivity contribution in [1.82, 2.24) is 20.2 Å². The van der Waals surface area contributed by atoms with Gasteiger partial charge in [-0.15, -0.1) is 5.10 Å². The number of aromatic nitrogens is 4. The Hall–Kier alpha value is -2.40. The summed E-state index contributed by atoms with van der Waals surface area (Å²) in [5.74, 6) is -0.0441. The molecule has 1 aromatic heterocycles. The Morgan fingerprint density at radius 1 is 1.38 bits per heavy atom. The van der Waals surface area contributed by atoms with E-state index in [1.165, 1.54) is 24.6 Å². The predicted molar refractivity (Wildman–Crippen MR) is 99.7 cm³/mol. The summed E-state index contributed by atoms with van der Waals surface area (Å²) in [6.45, 7) is 2.24. The van der Waals surface area contributed by atoms with Gasteiger partial charge in [-0.1, -0.05) is 42.8 Å². The van der Waals surface area contributed by atoms with Gasteiger partial charge in [0.1, 0.15) is 0 Å². The van der Waals surface area contributed by atoms with Crippen molar-refractivity contribution in [3.8, 4) is 6.07 Å². The van der Waals surface area contributed by atoms with Gasteiger partial charge in [0.05, 0.1) is 23.8 Å². The number of para-hydroxylation sites is 1. The van der Waals surface area contributed by atoms with E-state index in [2.05, 4.69) is 21.6 Å². The Morgan fingerprint density at radius 2 is 2.12 bits per heavy atom. The lowest BCUT2D eigenvalue weighted by atomic mass is 10.2. The fourth-order valence-electron chi connectivity index (χ4n) is 3.21. The van der Waals surface area contributed by atoms with Crippen LogP contribution in [0.1, 0.15) is 45.1 Å². The van der Waals surface area contributed by atoms with Crippen molar-refractivity contribution in [3.05, 3.63) is 30.3 Å². The Labute approximate surface area is 157 Å². The zero-order chi connectivity index (χ0) is 18.4. The van der Waals surface area contributed by atoms with Gasteiger partial charge in [0.15, 0.2) is 0 Å². The summed E-state index contributed by atoms with van der Waals surface area (Å²) >= 11 is 1.38. The molecule has 26 heavy (non-hydrogen) atoms. The quantitative estimate of drug-likeness (QED) is 0.696. The molecule has 3 rings (SSSR count). The minimum absolute atomic E-state index is 0.0441. The van der Waals surface area contributed by atoms with E-state index in [1.54, 1.807) is 4.90 Å². The fraction of sp³-hybridized carbons (Fsp3) is 0.500. The number of benzene rings is 1. The molecule has 0 radical (unpaired) electrons. The van der Waals surface area contributed by atoms with Crippen molar-refractivity contribution in [2.45, 2.75) is 55.5 Å². The summed E-state index contributed by atoms with van der Waals surface area (Å²) in [7, 11) is 0. The zero-order valence-corrected chi connectivity index (χ0v) is 15.6. The van der Waals surface area contributed by atoms with E-state index >= 15 is 0 Å². The van der Waals surface area contributed by atoms with Gasteiger partial charge in [-0.05, 0) is 42.3 Å². The van der Waals surface area contributed by atoms with Crippen molar-refractivity contribution in [3.63, 3.8) is 0 Å². The van der Waals surface area contributed by atoms with Gasteiger partial charge < -0.3 is 4.90 Å². The van der Waals surface area contributed by atoms with Gasteiger partial charge in [0, 0.05) is 12.2 Å². The highest BCUT2D eigenvalue weighted by molar-refractivity contribution is 8.00. The highest BCUT2D eigenvalue weighted by Crippen LogP contribution is 2.33. The van der Waals surface area contributed by atoms with E-state index in [9.17, 15) is 4.79 Å². The highest BCUT2D eigenvalue weighted by atomic mass is 32.2. The third-order valence-electron chi connectivity index (χ3n) is 4.54. The summed E-state index contributed by atoms with van der Waals surface area (Å²) in [5, 5.41) is 21.3. The molecule has 1 heterocycles. The molecule has 2 aromatic rings. The van der Waals surface area contributed by atoms with Crippen LogP contribution in [0, 0.1) is 11.3 Å². The molecule has 1 fully saturated rings. The van der Waals surface area contributed by atoms with Gasteiger partial charge in [-0.25, -0.2) is 4.68 Å². The van der Waals surface area contributed by atoms with E-state index in [0.29, 0.717) is 17.7 Å². The van der Waals surface area contributed by atoms with Crippen molar-refractivity contribution in [1.29, 1.82) is 5.26 Å². The minimum atomic E-state index is -0.347. The van der Waals surface area contributed by atoms with Gasteiger partial charge >= 0.3 is 0 Å². The van der Waals surface area contributed by atoms with Crippen LogP contribution in [-0.2, 0) is 4.79 Å². The first-order valence-electron chi connectivity index (χ1n) is 8.88. The molecule has 1 amide bonds. The molecule has 7 nitrogen and oxygen atoms in total. The van der Waals surface area contributed by atoms with E-state index in [0.717, 1.165) is 18.5 Å². The Morgan fingerprint density at radius 3 is 2.81 bits per heavy atom. The minimum Gasteiger partial charge on any atom is -0.310 e. The molecule has 1 saturated carbocycles. The monoisotopic (exact) mass is 370 g/mol. The van der Waals surface area contributed by atoms with Crippen LogP contribution in [-0.4, -0.2) is 37.9 Å². The molecular formula is C18H22N6OS. The molecule has 0 aliphatic heterocycles. The van der Waals surface area contributed by atoms with E-state index in [1.807, 2.05) is 41.9 Å². The van der Waals surface area contributed by atoms with E-state index in [-0.39, 0.29) is 17.6 Å². The van der Waals surface area contributed by atoms with Gasteiger partial charge in [-0.2, -0.15) is 5.26 Å². The standard InChI is InChI=1S/C18H22N6OS/c1-14(26-18-20-21-22-24(18)16-10-5-6-11-16)17(25)23(13-7-12-19)15-8-3-2-4-9-15/h2-4,8-9,14,16H,5-7,10-11,13H2,1H3. The van der Waals surface area contributed by atoms with Crippen LogP contribution in [0.25, 0.3) is 0 Å². The number of tetrazole rings is 1. The fourth-order valence-corrected chi connectivity index (χ4v) is 4.13. The second-order valence-electron chi connectivity index (χ2n) is 6.34. The summed E-state index contributed by atoms with van der Waals surface area (Å²) < 4.78 is 1.86. The third-order valence-corrected chi connectivity index (χ3v) is 5.58. The SMILES string of the molecule is CC(Sc1nnnn1C1CCCC1)C(=O)N(CCC#N)c1ccccc1. The number of nitrogens with zero attached hydrogens (tertiary/aromatic N) is 6. The van der Waals surface area contributed by atoms with Crippen LogP contribution < -0.4 is 4.90 Å². The maximum atomic E-state index is 13.0. The maximum absolute atomic E-state index is 13.0. The second-order valence-corrected chi connectivity index (χ2v) is 7.65. The number of hydrogen-bond acceptors (Lipinski definition) is 6. The van der Waals surface area contributed by atoms with Crippen molar-refractivity contribution in [2.75, 3.05) is 11.4 Å². The lowest BCUT2D eigenvalue weighted by molar-refractivity contribution is -0.117. The molecule has 0 spiro atoms. The predicted octanol–water partition coefficient (Wildman–Crippen LogP) is 3.22. The molecule has 1 aliphatic rings. The van der Waals surface area contributed by atoms with Crippen molar-refractivity contribution in [2.24, 2.45) is 0 Å². The number of hydrogen-bond donors (Lipinski definition) is 0. The van der Waals surface area contributed by atoms with Crippen LogP contribution in [0.5, 0.6) is 0 Å². The Bertz CT molecular complexity index is 765. The number of thioether (sulfide) groups is 1. The number of rotatable bonds is 7. The smallest absolute Gasteiger partial charge is 0.240 e. The molecule has 1 unspecified atom stereocenters. The Kier molecular flexibility index (Phi) is 6.23. The largest absolute Gasteiger partial charge is 0.310 e. The number of carbonyl (C=O) groups is 1. The normalized spacial score (nSPS) is 15.5. The number of amides is 1. The average Bonchev–Trinajstić information content (AvgIpc) is 3.34. The van der Waals surface area contributed by atoms with Crippen molar-refractivity contribution < 1.29 is 4.79 Å². The summed E-state index contributed by atoms with van der Waals surface area (Å²) in [5.41, 5.74) is 0.801. The van der Waals surface area contributed by atoms with Gasteiger partial charge in [0.2, 0.25) is 11.1 Å². The molecule has 0 bridgehead atoms. The molecule has 136 valence electrons. The number of anilines is 1. The molecule has 1 aromatic carbocycles. The van der Waals surface area contributed by atoms with Crippen LogP contribution in [0.4, 0.5) is 5.69 Å². The lowest BCUT2D eigenvalue weighted by Gasteiger charge is -2.25. The van der Waals surface area contributed by atoms with Crippen LogP contribution in [0.15, 0.2) is 35.5 Å². The first-order chi connectivity index (χ1) is 12.7. The summed E-state index contributed by atoms with van der Waals surface area (Å²) in [6, 6.07) is 11.9. The molecule has 1 aliphatic carbocycles. The maximum Gasteiger partial charge on any atom is 0.240 e. The van der Waals surface area contributed by atoms with E-state index < -0.39 is 0 Å². The lowest BCUT2D eigenvalue weighted by Crippen LogP contribution is -2.37. The van der Waals surface area contributed by atoms with Crippen molar-refractivity contribution >= 4 is 23.4 Å². The molecule has 0 N–H and O–H groups in total. The molecule has 0 saturated heterocycles. The first-order valence-corrected chi connectivity index (χ1v) is 9.76. The third kappa shape index (κ3) is 4.22. The molecular weight excluding hydrogens is 348 g/mol. The van der Waals surface area contributed by atoms with Gasteiger partial charge in [0.25, 0.3) is 0 Å². The summed E-state index contributed by atoms with van der Waals surface area (Å²) in [4.78, 5) is 14.7.